The topological polar surface area (TPSA) is 84.3 Å². The van der Waals surface area contributed by atoms with E-state index in [1.54, 1.807) is 30.3 Å². The number of carbonyl (C=O) groups excluding carboxylic acids is 2. The van der Waals surface area contributed by atoms with Crippen molar-refractivity contribution in [1.82, 2.24) is 14.5 Å². The number of para-hydroxylation sites is 1. The lowest BCUT2D eigenvalue weighted by atomic mass is 10.2. The average molecular weight is 461 g/mol. The molecular weight excluding hydrogens is 439 g/mol. The normalized spacial score (nSPS) is 10.8. The van der Waals surface area contributed by atoms with Gasteiger partial charge in [0.1, 0.15) is 0 Å². The molecule has 3 rings (SSSR count). The van der Waals surface area contributed by atoms with E-state index in [2.05, 4.69) is 10.3 Å². The van der Waals surface area contributed by atoms with Crippen LogP contribution < -0.4 is 10.9 Å². The number of rotatable bonds is 8. The van der Waals surface area contributed by atoms with Crippen molar-refractivity contribution < 1.29 is 9.59 Å². The highest BCUT2D eigenvalue weighted by atomic mass is 35.5. The van der Waals surface area contributed by atoms with Crippen LogP contribution in [0.5, 0.6) is 0 Å². The third kappa shape index (κ3) is 5.83. The molecule has 1 N–H and O–H groups in total. The van der Waals surface area contributed by atoms with E-state index >= 15 is 0 Å². The first kappa shape index (κ1) is 22.8. The average Bonchev–Trinajstić information content (AvgIpc) is 2.75. The molecule has 7 nitrogen and oxygen atoms in total. The number of halogens is 2. The van der Waals surface area contributed by atoms with E-state index in [4.69, 9.17) is 23.2 Å². The molecule has 0 fully saturated rings. The number of hydrogen-bond donors (Lipinski definition) is 1. The summed E-state index contributed by atoms with van der Waals surface area (Å²) >= 11 is 12.0. The molecule has 162 valence electrons. The number of benzene rings is 2. The molecule has 0 radical (unpaired) electrons. The van der Waals surface area contributed by atoms with Crippen LogP contribution in [-0.4, -0.2) is 39.4 Å². The molecule has 0 saturated carbocycles. The van der Waals surface area contributed by atoms with Crippen LogP contribution in [0.4, 0.5) is 5.69 Å². The van der Waals surface area contributed by atoms with Crippen LogP contribution in [0.2, 0.25) is 10.0 Å². The largest absolute Gasteiger partial charge is 0.333 e. The molecule has 0 saturated heterocycles. The van der Waals surface area contributed by atoms with Gasteiger partial charge in [0, 0.05) is 24.5 Å². The molecule has 3 aromatic rings. The molecule has 1 aromatic heterocycles. The Hall–Kier alpha value is -2.90. The Bertz CT molecular complexity index is 1160. The van der Waals surface area contributed by atoms with E-state index < -0.39 is 0 Å². The van der Waals surface area contributed by atoms with Crippen LogP contribution in [-0.2, 0) is 16.1 Å². The molecule has 9 heteroatoms. The van der Waals surface area contributed by atoms with Crippen molar-refractivity contribution in [1.29, 1.82) is 0 Å². The van der Waals surface area contributed by atoms with Crippen molar-refractivity contribution in [2.45, 2.75) is 26.3 Å². The minimum atomic E-state index is -0.365. The second-order valence-electron chi connectivity index (χ2n) is 7.00. The van der Waals surface area contributed by atoms with E-state index in [-0.39, 0.29) is 36.9 Å². The Labute approximate surface area is 189 Å². The second kappa shape index (κ2) is 10.4. The van der Waals surface area contributed by atoms with E-state index in [1.807, 2.05) is 13.0 Å². The zero-order valence-corrected chi connectivity index (χ0v) is 18.5. The van der Waals surface area contributed by atoms with Crippen molar-refractivity contribution in [3.05, 3.63) is 69.2 Å². The van der Waals surface area contributed by atoms with E-state index in [0.717, 1.165) is 0 Å². The number of nitrogens with zero attached hydrogens (tertiary/aromatic N) is 3. The van der Waals surface area contributed by atoms with Gasteiger partial charge in [0.05, 0.1) is 34.5 Å². The molecular formula is C22H22Cl2N4O3. The van der Waals surface area contributed by atoms with E-state index in [0.29, 0.717) is 39.6 Å². The van der Waals surface area contributed by atoms with Crippen LogP contribution in [0.15, 0.2) is 53.6 Å². The first-order valence-corrected chi connectivity index (χ1v) is 10.6. The summed E-state index contributed by atoms with van der Waals surface area (Å²) in [4.78, 5) is 43.5. The van der Waals surface area contributed by atoms with Gasteiger partial charge in [0.25, 0.3) is 5.56 Å². The maximum Gasteiger partial charge on any atom is 0.261 e. The van der Waals surface area contributed by atoms with Crippen LogP contribution in [0.25, 0.3) is 10.9 Å². The molecule has 0 bridgehead atoms. The molecule has 0 aliphatic carbocycles. The van der Waals surface area contributed by atoms with Crippen molar-refractivity contribution in [3.63, 3.8) is 0 Å². The summed E-state index contributed by atoms with van der Waals surface area (Å²) in [6.45, 7) is 2.41. The van der Waals surface area contributed by atoms with Crippen LogP contribution in [0.1, 0.15) is 19.8 Å². The summed E-state index contributed by atoms with van der Waals surface area (Å²) in [6.07, 6.45) is 2.21. The van der Waals surface area contributed by atoms with Gasteiger partial charge in [0.15, 0.2) is 0 Å². The van der Waals surface area contributed by atoms with Crippen molar-refractivity contribution in [3.8, 4) is 0 Å². The van der Waals surface area contributed by atoms with Crippen molar-refractivity contribution in [2.75, 3.05) is 18.4 Å². The first-order chi connectivity index (χ1) is 14.9. The Morgan fingerprint density at radius 1 is 1.16 bits per heavy atom. The first-order valence-electron chi connectivity index (χ1n) is 9.86. The van der Waals surface area contributed by atoms with Gasteiger partial charge in [-0.25, -0.2) is 4.98 Å². The van der Waals surface area contributed by atoms with Gasteiger partial charge in [-0.15, -0.1) is 0 Å². The van der Waals surface area contributed by atoms with Gasteiger partial charge in [-0.3, -0.25) is 19.0 Å². The fourth-order valence-electron chi connectivity index (χ4n) is 3.16. The number of anilines is 1. The predicted octanol–water partition coefficient (Wildman–Crippen LogP) is 3.97. The molecule has 2 amide bonds. The smallest absolute Gasteiger partial charge is 0.261 e. The number of hydrogen-bond acceptors (Lipinski definition) is 4. The lowest BCUT2D eigenvalue weighted by Gasteiger charge is -2.22. The number of aryl methyl sites for hydroxylation is 1. The SMILES string of the molecule is CCCN(CC(=O)Nc1ccc(Cl)cc1Cl)C(=O)CCn1cnc2ccccc2c1=O. The molecule has 0 aliphatic heterocycles. The Morgan fingerprint density at radius 3 is 2.68 bits per heavy atom. The molecule has 0 unspecified atom stereocenters. The number of nitrogens with one attached hydrogen (secondary N) is 1. The number of amides is 2. The minimum absolute atomic E-state index is 0.0783. The zero-order valence-electron chi connectivity index (χ0n) is 17.0. The maximum absolute atomic E-state index is 12.7. The lowest BCUT2D eigenvalue weighted by molar-refractivity contribution is -0.134. The monoisotopic (exact) mass is 460 g/mol. The molecule has 31 heavy (non-hydrogen) atoms. The quantitative estimate of drug-likeness (QED) is 0.550. The lowest BCUT2D eigenvalue weighted by Crippen LogP contribution is -2.39. The van der Waals surface area contributed by atoms with Gasteiger partial charge in [-0.2, -0.15) is 0 Å². The van der Waals surface area contributed by atoms with Gasteiger partial charge in [-0.1, -0.05) is 42.3 Å². The van der Waals surface area contributed by atoms with E-state index in [1.165, 1.54) is 21.9 Å². The van der Waals surface area contributed by atoms with Gasteiger partial charge < -0.3 is 10.2 Å². The summed E-state index contributed by atoms with van der Waals surface area (Å²) in [6, 6.07) is 11.8. The summed E-state index contributed by atoms with van der Waals surface area (Å²) in [5.41, 5.74) is 0.838. The predicted molar refractivity (Wildman–Crippen MR) is 123 cm³/mol. The summed E-state index contributed by atoms with van der Waals surface area (Å²) in [7, 11) is 0. The molecule has 0 spiro atoms. The van der Waals surface area contributed by atoms with Crippen LogP contribution in [0.3, 0.4) is 0 Å². The molecule has 1 heterocycles. The molecule has 0 atom stereocenters. The van der Waals surface area contributed by atoms with Gasteiger partial charge >= 0.3 is 0 Å². The third-order valence-corrected chi connectivity index (χ3v) is 5.23. The number of aromatic nitrogens is 2. The van der Waals surface area contributed by atoms with Crippen molar-refractivity contribution in [2.24, 2.45) is 0 Å². The second-order valence-corrected chi connectivity index (χ2v) is 7.84. The summed E-state index contributed by atoms with van der Waals surface area (Å²) in [5, 5.41) is 3.98. The number of fused-ring (bicyclic) bond motifs is 1. The highest BCUT2D eigenvalue weighted by Crippen LogP contribution is 2.25. The molecule has 2 aromatic carbocycles. The summed E-state index contributed by atoms with van der Waals surface area (Å²) < 4.78 is 1.41. The van der Waals surface area contributed by atoms with E-state index in [9.17, 15) is 14.4 Å². The van der Waals surface area contributed by atoms with Gasteiger partial charge in [-0.05, 0) is 36.8 Å². The minimum Gasteiger partial charge on any atom is -0.333 e. The van der Waals surface area contributed by atoms with Crippen LogP contribution in [0, 0.1) is 0 Å². The fraction of sp³-hybridized carbons (Fsp3) is 0.273. The molecule has 0 aliphatic rings. The number of carbonyl (C=O) groups is 2. The Morgan fingerprint density at radius 2 is 1.94 bits per heavy atom. The van der Waals surface area contributed by atoms with Crippen molar-refractivity contribution >= 4 is 51.6 Å². The highest BCUT2D eigenvalue weighted by Gasteiger charge is 2.18. The third-order valence-electron chi connectivity index (χ3n) is 4.68. The maximum atomic E-state index is 12.7. The highest BCUT2D eigenvalue weighted by molar-refractivity contribution is 6.36. The summed E-state index contributed by atoms with van der Waals surface area (Å²) in [5.74, 6) is -0.588. The Balaban J connectivity index is 1.64. The zero-order chi connectivity index (χ0) is 22.4. The van der Waals surface area contributed by atoms with Gasteiger partial charge in [0.2, 0.25) is 11.8 Å². The Kier molecular flexibility index (Phi) is 7.65. The fourth-order valence-corrected chi connectivity index (χ4v) is 3.61. The standard InChI is InChI=1S/C22H22Cl2N4O3/c1-2-10-27(13-20(29)26-19-8-7-15(23)12-17(19)24)21(30)9-11-28-14-25-18-6-4-3-5-16(18)22(28)31/h3-8,12,14H,2,9-11,13H2,1H3,(H,26,29). The van der Waals surface area contributed by atoms with Crippen LogP contribution >= 0.6 is 23.2 Å².